The predicted molar refractivity (Wildman–Crippen MR) is 120 cm³/mol. The highest BCUT2D eigenvalue weighted by Crippen LogP contribution is 2.38. The van der Waals surface area contributed by atoms with Crippen LogP contribution >= 0.6 is 34.8 Å². The van der Waals surface area contributed by atoms with Crippen molar-refractivity contribution in [2.75, 3.05) is 29.9 Å². The van der Waals surface area contributed by atoms with Crippen molar-refractivity contribution in [1.29, 1.82) is 0 Å². The van der Waals surface area contributed by atoms with Gasteiger partial charge >= 0.3 is 0 Å². The summed E-state index contributed by atoms with van der Waals surface area (Å²) in [7, 11) is 0. The Kier molecular flexibility index (Phi) is 5.20. The molecular weight excluding hydrogens is 431 g/mol. The highest BCUT2D eigenvalue weighted by atomic mass is 35.5. The molecule has 0 saturated carbocycles. The van der Waals surface area contributed by atoms with Gasteiger partial charge in [0.1, 0.15) is 5.15 Å². The number of rotatable bonds is 3. The van der Waals surface area contributed by atoms with Crippen molar-refractivity contribution in [2.24, 2.45) is 0 Å². The second kappa shape index (κ2) is 7.84. The minimum absolute atomic E-state index is 0.226. The number of imidazole rings is 1. The van der Waals surface area contributed by atoms with Gasteiger partial charge in [-0.05, 0) is 49.1 Å². The van der Waals surface area contributed by atoms with Crippen molar-refractivity contribution in [3.8, 4) is 0 Å². The average Bonchev–Trinajstić information content (AvgIpc) is 3.12. The van der Waals surface area contributed by atoms with E-state index in [2.05, 4.69) is 30.5 Å². The second-order valence-electron chi connectivity index (χ2n) is 7.64. The number of anilines is 2. The Labute approximate surface area is 183 Å². The summed E-state index contributed by atoms with van der Waals surface area (Å²) in [6, 6.07) is 8.08. The molecule has 6 nitrogen and oxygen atoms in total. The quantitative estimate of drug-likeness (QED) is 0.487. The molecule has 2 aliphatic heterocycles. The fraction of sp³-hybridized carbons (Fsp3) is 0.400. The summed E-state index contributed by atoms with van der Waals surface area (Å²) in [6.07, 6.45) is 3.21. The summed E-state index contributed by atoms with van der Waals surface area (Å²) in [5.41, 5.74) is 3.69. The van der Waals surface area contributed by atoms with E-state index in [1.54, 1.807) is 12.1 Å². The largest absolute Gasteiger partial charge is 0.383 e. The Hall–Kier alpha value is -1.73. The van der Waals surface area contributed by atoms with Crippen molar-refractivity contribution in [2.45, 2.75) is 31.3 Å². The Bertz CT molecular complexity index is 1050. The molecule has 1 unspecified atom stereocenters. The molecule has 2 atom stereocenters. The lowest BCUT2D eigenvalue weighted by atomic mass is 9.95. The molecule has 9 heteroatoms. The summed E-state index contributed by atoms with van der Waals surface area (Å²) in [5, 5.41) is 9.04. The average molecular weight is 452 g/mol. The number of H-pyrrole nitrogens is 1. The lowest BCUT2D eigenvalue weighted by molar-refractivity contribution is 0.364. The molecule has 1 saturated heterocycles. The zero-order valence-electron chi connectivity index (χ0n) is 15.7. The van der Waals surface area contributed by atoms with Crippen LogP contribution in [0.2, 0.25) is 15.2 Å². The molecule has 2 aliphatic rings. The van der Waals surface area contributed by atoms with E-state index < -0.39 is 0 Å². The van der Waals surface area contributed by atoms with Crippen LogP contribution in [0.5, 0.6) is 0 Å². The monoisotopic (exact) mass is 450 g/mol. The van der Waals surface area contributed by atoms with Gasteiger partial charge in [0, 0.05) is 36.7 Å². The third-order valence-electron chi connectivity index (χ3n) is 5.65. The van der Waals surface area contributed by atoms with Gasteiger partial charge in [-0.1, -0.05) is 34.8 Å². The number of aromatic amines is 1. The van der Waals surface area contributed by atoms with Gasteiger partial charge in [0.2, 0.25) is 5.95 Å². The van der Waals surface area contributed by atoms with Crippen LogP contribution in [-0.4, -0.2) is 40.6 Å². The van der Waals surface area contributed by atoms with Crippen molar-refractivity contribution >= 4 is 57.6 Å². The third-order valence-corrected chi connectivity index (χ3v) is 6.38. The highest BCUT2D eigenvalue weighted by molar-refractivity contribution is 6.36. The summed E-state index contributed by atoms with van der Waals surface area (Å²) in [6.45, 7) is 2.73. The van der Waals surface area contributed by atoms with E-state index in [-0.39, 0.29) is 6.04 Å². The van der Waals surface area contributed by atoms with Crippen LogP contribution in [0.4, 0.5) is 11.6 Å². The molecule has 0 spiro atoms. The predicted octanol–water partition coefficient (Wildman–Crippen LogP) is 5.03. The Morgan fingerprint density at radius 3 is 2.90 bits per heavy atom. The van der Waals surface area contributed by atoms with Crippen LogP contribution in [0.25, 0.3) is 11.2 Å². The van der Waals surface area contributed by atoms with E-state index in [4.69, 9.17) is 34.8 Å². The molecule has 0 amide bonds. The smallest absolute Gasteiger partial charge is 0.205 e. The first-order valence-corrected chi connectivity index (χ1v) is 11.0. The third kappa shape index (κ3) is 3.87. The summed E-state index contributed by atoms with van der Waals surface area (Å²) >= 11 is 18.7. The fourth-order valence-corrected chi connectivity index (χ4v) is 5.04. The van der Waals surface area contributed by atoms with E-state index in [0.29, 0.717) is 26.9 Å². The maximum atomic E-state index is 6.40. The van der Waals surface area contributed by atoms with E-state index >= 15 is 0 Å². The van der Waals surface area contributed by atoms with Gasteiger partial charge in [-0.2, -0.15) is 4.98 Å². The molecule has 0 radical (unpaired) electrons. The van der Waals surface area contributed by atoms with E-state index in [1.165, 1.54) is 0 Å². The van der Waals surface area contributed by atoms with Crippen molar-refractivity contribution in [1.82, 2.24) is 20.3 Å². The molecule has 29 heavy (non-hydrogen) atoms. The van der Waals surface area contributed by atoms with Gasteiger partial charge < -0.3 is 20.5 Å². The first kappa shape index (κ1) is 19.2. The Morgan fingerprint density at radius 2 is 2.00 bits per heavy atom. The molecule has 3 N–H and O–H groups in total. The normalized spacial score (nSPS) is 21.8. The minimum Gasteiger partial charge on any atom is -0.383 e. The van der Waals surface area contributed by atoms with Crippen LogP contribution in [-0.2, 0) is 0 Å². The second-order valence-corrected chi connectivity index (χ2v) is 8.87. The van der Waals surface area contributed by atoms with Crippen LogP contribution in [0.15, 0.2) is 24.3 Å². The van der Waals surface area contributed by atoms with Crippen LogP contribution in [0, 0.1) is 0 Å². The zero-order valence-corrected chi connectivity index (χ0v) is 18.0. The maximum absolute atomic E-state index is 6.40. The lowest BCUT2D eigenvalue weighted by Crippen LogP contribution is -2.48. The Morgan fingerprint density at radius 1 is 1.10 bits per heavy atom. The van der Waals surface area contributed by atoms with Gasteiger partial charge in [0.25, 0.3) is 0 Å². The van der Waals surface area contributed by atoms with E-state index in [9.17, 15) is 0 Å². The van der Waals surface area contributed by atoms with Crippen molar-refractivity contribution < 1.29 is 0 Å². The van der Waals surface area contributed by atoms with Crippen LogP contribution in [0.3, 0.4) is 0 Å². The molecule has 3 aromatic rings. The molecule has 1 aromatic carbocycles. The minimum atomic E-state index is 0.226. The molecule has 1 fully saturated rings. The SMILES string of the molecule is Clc1cc(Cl)c2c(c1)C(N[C@H]1CCCN(c3nc4nc(Cl)ccc4[nH]3)C1)CCN2. The van der Waals surface area contributed by atoms with Gasteiger partial charge in [0.15, 0.2) is 5.65 Å². The number of nitrogens with zero attached hydrogens (tertiary/aromatic N) is 3. The number of fused-ring (bicyclic) bond motifs is 2. The molecule has 0 bridgehead atoms. The molecule has 5 rings (SSSR count). The van der Waals surface area contributed by atoms with Crippen LogP contribution < -0.4 is 15.5 Å². The molecule has 0 aliphatic carbocycles. The number of nitrogens with one attached hydrogen (secondary N) is 3. The Balaban J connectivity index is 1.34. The van der Waals surface area contributed by atoms with E-state index in [0.717, 1.165) is 61.6 Å². The fourth-order valence-electron chi connectivity index (χ4n) is 4.32. The first-order chi connectivity index (χ1) is 14.1. The van der Waals surface area contributed by atoms with Gasteiger partial charge in [0.05, 0.1) is 16.2 Å². The number of pyridine rings is 1. The summed E-state index contributed by atoms with van der Waals surface area (Å²) < 4.78 is 0. The number of halogens is 3. The van der Waals surface area contributed by atoms with Gasteiger partial charge in [-0.3, -0.25) is 0 Å². The molecule has 152 valence electrons. The molecule has 2 aromatic heterocycles. The first-order valence-electron chi connectivity index (χ1n) is 9.83. The van der Waals surface area contributed by atoms with Crippen LogP contribution in [0.1, 0.15) is 30.9 Å². The topological polar surface area (TPSA) is 68.9 Å². The molecular formula is C20H21Cl3N6. The standard InChI is InChI=1S/C20H21Cl3N6/c21-11-8-13-15(5-6-24-18(13)14(22)9-11)25-12-2-1-7-29(10-12)20-26-16-3-4-17(23)27-19(16)28-20/h3-4,8-9,12,15,24-25H,1-2,5-7,10H2,(H,26,27,28)/t12-,15?/m0/s1. The number of hydrogen-bond donors (Lipinski definition) is 3. The summed E-state index contributed by atoms with van der Waals surface area (Å²) in [4.78, 5) is 14.6. The van der Waals surface area contributed by atoms with Crippen molar-refractivity contribution in [3.63, 3.8) is 0 Å². The lowest BCUT2D eigenvalue weighted by Gasteiger charge is -2.37. The number of benzene rings is 1. The van der Waals surface area contributed by atoms with Gasteiger partial charge in [-0.25, -0.2) is 4.98 Å². The number of aromatic nitrogens is 3. The zero-order chi connectivity index (χ0) is 20.0. The van der Waals surface area contributed by atoms with Gasteiger partial charge in [-0.15, -0.1) is 0 Å². The van der Waals surface area contributed by atoms with E-state index in [1.807, 2.05) is 12.1 Å². The number of hydrogen-bond acceptors (Lipinski definition) is 5. The number of piperidine rings is 1. The maximum Gasteiger partial charge on any atom is 0.205 e. The highest BCUT2D eigenvalue weighted by Gasteiger charge is 2.28. The van der Waals surface area contributed by atoms with Crippen molar-refractivity contribution in [3.05, 3.63) is 45.0 Å². The summed E-state index contributed by atoms with van der Waals surface area (Å²) in [5.74, 6) is 0.845. The molecule has 4 heterocycles.